The zero-order chi connectivity index (χ0) is 11.8. The largest absolute Gasteiger partial charge is 0.366 e. The fraction of sp³-hybridized carbons (Fsp3) is 0.462. The van der Waals surface area contributed by atoms with Crippen molar-refractivity contribution in [3.8, 4) is 0 Å². The Kier molecular flexibility index (Phi) is 2.52. The van der Waals surface area contributed by atoms with E-state index in [0.29, 0.717) is 6.04 Å². The van der Waals surface area contributed by atoms with E-state index >= 15 is 0 Å². The third kappa shape index (κ3) is 1.78. The molecule has 1 aliphatic rings. The number of hydrogen-bond acceptors (Lipinski definition) is 3. The predicted octanol–water partition coefficient (Wildman–Crippen LogP) is 1.37. The van der Waals surface area contributed by atoms with Gasteiger partial charge in [0.1, 0.15) is 0 Å². The normalized spacial score (nSPS) is 21.1. The quantitative estimate of drug-likeness (QED) is 0.803. The summed E-state index contributed by atoms with van der Waals surface area (Å²) in [7, 11) is 1.98. The standard InChI is InChI=1S/C13H18N4/c1-10-8-14-5-6-17(10)12-3-4-13-11(7-12)9-15-16(13)2/h3-4,7,9-10,14H,5-6,8H2,1-2H3/t10-/m0/s1. The molecule has 4 nitrogen and oxygen atoms in total. The summed E-state index contributed by atoms with van der Waals surface area (Å²) in [6.07, 6.45) is 1.94. The van der Waals surface area contributed by atoms with Gasteiger partial charge >= 0.3 is 0 Å². The number of rotatable bonds is 1. The maximum atomic E-state index is 4.29. The lowest BCUT2D eigenvalue weighted by atomic mass is 10.1. The molecule has 1 saturated heterocycles. The van der Waals surface area contributed by atoms with Crippen LogP contribution < -0.4 is 10.2 Å². The highest BCUT2D eigenvalue weighted by atomic mass is 15.3. The Labute approximate surface area is 101 Å². The molecule has 0 amide bonds. The van der Waals surface area contributed by atoms with Crippen LogP contribution in [0.5, 0.6) is 0 Å². The van der Waals surface area contributed by atoms with E-state index in [2.05, 4.69) is 40.4 Å². The summed E-state index contributed by atoms with van der Waals surface area (Å²) >= 11 is 0. The number of anilines is 1. The minimum absolute atomic E-state index is 0.554. The average molecular weight is 230 g/mol. The molecule has 90 valence electrons. The van der Waals surface area contributed by atoms with Gasteiger partial charge < -0.3 is 10.2 Å². The Morgan fingerprint density at radius 3 is 3.12 bits per heavy atom. The molecule has 0 aliphatic carbocycles. The smallest absolute Gasteiger partial charge is 0.0680 e. The first-order chi connectivity index (χ1) is 8.25. The number of nitrogens with one attached hydrogen (secondary N) is 1. The Bertz CT molecular complexity index is 531. The van der Waals surface area contributed by atoms with Gasteiger partial charge in [-0.3, -0.25) is 4.68 Å². The van der Waals surface area contributed by atoms with E-state index in [9.17, 15) is 0 Å². The molecule has 0 radical (unpaired) electrons. The van der Waals surface area contributed by atoms with E-state index in [0.717, 1.165) is 19.6 Å². The number of hydrogen-bond donors (Lipinski definition) is 1. The van der Waals surface area contributed by atoms with Crippen molar-refractivity contribution in [1.82, 2.24) is 15.1 Å². The van der Waals surface area contributed by atoms with Crippen molar-refractivity contribution in [3.63, 3.8) is 0 Å². The molecule has 17 heavy (non-hydrogen) atoms. The first-order valence-electron chi connectivity index (χ1n) is 6.15. The molecule has 0 saturated carbocycles. The molecule has 0 bridgehead atoms. The van der Waals surface area contributed by atoms with Gasteiger partial charge in [-0.05, 0) is 25.1 Å². The molecular weight excluding hydrogens is 212 g/mol. The van der Waals surface area contributed by atoms with E-state index in [1.807, 2.05) is 17.9 Å². The Balaban J connectivity index is 1.99. The Morgan fingerprint density at radius 1 is 1.41 bits per heavy atom. The molecule has 1 N–H and O–H groups in total. The fourth-order valence-electron chi connectivity index (χ4n) is 2.55. The van der Waals surface area contributed by atoms with Crippen LogP contribution in [-0.4, -0.2) is 35.5 Å². The molecule has 4 heteroatoms. The molecule has 3 rings (SSSR count). The second-order valence-electron chi connectivity index (χ2n) is 4.76. The van der Waals surface area contributed by atoms with Gasteiger partial charge in [-0.2, -0.15) is 5.10 Å². The van der Waals surface area contributed by atoms with Gasteiger partial charge in [0.2, 0.25) is 0 Å². The van der Waals surface area contributed by atoms with Gasteiger partial charge in [0.25, 0.3) is 0 Å². The maximum Gasteiger partial charge on any atom is 0.0680 e. The Morgan fingerprint density at radius 2 is 2.29 bits per heavy atom. The van der Waals surface area contributed by atoms with Crippen LogP contribution >= 0.6 is 0 Å². The van der Waals surface area contributed by atoms with Crippen LogP contribution in [0.15, 0.2) is 24.4 Å². The fourth-order valence-corrected chi connectivity index (χ4v) is 2.55. The SMILES string of the molecule is C[C@H]1CNCCN1c1ccc2c(cnn2C)c1. The van der Waals surface area contributed by atoms with Gasteiger partial charge in [0, 0.05) is 43.8 Å². The zero-order valence-electron chi connectivity index (χ0n) is 10.3. The van der Waals surface area contributed by atoms with E-state index < -0.39 is 0 Å². The highest BCUT2D eigenvalue weighted by Crippen LogP contribution is 2.23. The highest BCUT2D eigenvalue weighted by Gasteiger charge is 2.18. The van der Waals surface area contributed by atoms with Crippen molar-refractivity contribution >= 4 is 16.6 Å². The summed E-state index contributed by atoms with van der Waals surface area (Å²) < 4.78 is 1.92. The molecule has 1 atom stereocenters. The first kappa shape index (κ1) is 10.6. The van der Waals surface area contributed by atoms with Crippen LogP contribution in [0.3, 0.4) is 0 Å². The van der Waals surface area contributed by atoms with Crippen LogP contribution in [-0.2, 0) is 7.05 Å². The number of aryl methyl sites for hydroxylation is 1. The molecule has 0 unspecified atom stereocenters. The molecule has 0 spiro atoms. The summed E-state index contributed by atoms with van der Waals surface area (Å²) in [6, 6.07) is 7.15. The van der Waals surface area contributed by atoms with Crippen molar-refractivity contribution in [2.75, 3.05) is 24.5 Å². The third-order valence-corrected chi connectivity index (χ3v) is 3.56. The van der Waals surface area contributed by atoms with Crippen LogP contribution in [0.1, 0.15) is 6.92 Å². The minimum Gasteiger partial charge on any atom is -0.366 e. The topological polar surface area (TPSA) is 33.1 Å². The van der Waals surface area contributed by atoms with Crippen molar-refractivity contribution in [1.29, 1.82) is 0 Å². The van der Waals surface area contributed by atoms with Crippen molar-refractivity contribution < 1.29 is 0 Å². The maximum absolute atomic E-state index is 4.29. The molecule has 1 fully saturated rings. The van der Waals surface area contributed by atoms with Gasteiger partial charge in [-0.15, -0.1) is 0 Å². The van der Waals surface area contributed by atoms with E-state index in [-0.39, 0.29) is 0 Å². The summed E-state index contributed by atoms with van der Waals surface area (Å²) in [5, 5.41) is 8.92. The van der Waals surface area contributed by atoms with Gasteiger partial charge in [-0.1, -0.05) is 0 Å². The lowest BCUT2D eigenvalue weighted by Gasteiger charge is -2.35. The number of fused-ring (bicyclic) bond motifs is 1. The first-order valence-corrected chi connectivity index (χ1v) is 6.15. The summed E-state index contributed by atoms with van der Waals surface area (Å²) in [6.45, 7) is 5.47. The van der Waals surface area contributed by atoms with E-state index in [1.165, 1.54) is 16.6 Å². The molecule has 1 aromatic heterocycles. The number of benzene rings is 1. The van der Waals surface area contributed by atoms with Gasteiger partial charge in [0.15, 0.2) is 0 Å². The van der Waals surface area contributed by atoms with Crippen LogP contribution in [0.4, 0.5) is 5.69 Å². The molecule has 1 aliphatic heterocycles. The number of aromatic nitrogens is 2. The summed E-state index contributed by atoms with van der Waals surface area (Å²) in [5.74, 6) is 0. The second kappa shape index (κ2) is 4.04. The van der Waals surface area contributed by atoms with Gasteiger partial charge in [0.05, 0.1) is 11.7 Å². The predicted molar refractivity (Wildman–Crippen MR) is 70.4 cm³/mol. The molecule has 1 aromatic carbocycles. The van der Waals surface area contributed by atoms with Gasteiger partial charge in [-0.25, -0.2) is 0 Å². The van der Waals surface area contributed by atoms with Crippen LogP contribution in [0, 0.1) is 0 Å². The Hall–Kier alpha value is -1.55. The van der Waals surface area contributed by atoms with Crippen molar-refractivity contribution in [3.05, 3.63) is 24.4 Å². The monoisotopic (exact) mass is 230 g/mol. The summed E-state index contributed by atoms with van der Waals surface area (Å²) in [4.78, 5) is 2.46. The second-order valence-corrected chi connectivity index (χ2v) is 4.76. The third-order valence-electron chi connectivity index (χ3n) is 3.56. The zero-order valence-corrected chi connectivity index (χ0v) is 10.3. The van der Waals surface area contributed by atoms with Crippen molar-refractivity contribution in [2.24, 2.45) is 7.05 Å². The molecular formula is C13H18N4. The van der Waals surface area contributed by atoms with Crippen LogP contribution in [0.2, 0.25) is 0 Å². The highest BCUT2D eigenvalue weighted by molar-refractivity contribution is 5.82. The average Bonchev–Trinajstić information content (AvgIpc) is 2.71. The van der Waals surface area contributed by atoms with E-state index in [1.54, 1.807) is 0 Å². The van der Waals surface area contributed by atoms with E-state index in [4.69, 9.17) is 0 Å². The van der Waals surface area contributed by atoms with Crippen molar-refractivity contribution in [2.45, 2.75) is 13.0 Å². The minimum atomic E-state index is 0.554. The number of piperazine rings is 1. The number of nitrogens with zero attached hydrogens (tertiary/aromatic N) is 3. The van der Waals surface area contributed by atoms with Crippen LogP contribution in [0.25, 0.3) is 10.9 Å². The lowest BCUT2D eigenvalue weighted by Crippen LogP contribution is -2.49. The molecule has 2 heterocycles. The summed E-state index contributed by atoms with van der Waals surface area (Å²) in [5.41, 5.74) is 2.50. The molecule has 2 aromatic rings. The lowest BCUT2D eigenvalue weighted by molar-refractivity contribution is 0.501.